The standard InChI is InChI=1S/C14H14FNSe/c1-16(2)12-5-9-14(10-6-12)17-13-7-3-11(15)4-8-13/h3-10H,1-2H3. The van der Waals surface area contributed by atoms with Crippen LogP contribution in [0.25, 0.3) is 0 Å². The molecule has 2 rings (SSSR count). The van der Waals surface area contributed by atoms with E-state index < -0.39 is 0 Å². The van der Waals surface area contributed by atoms with E-state index in [0.717, 1.165) is 0 Å². The van der Waals surface area contributed by atoms with E-state index in [1.807, 2.05) is 26.2 Å². The molecule has 0 N–H and O–H groups in total. The van der Waals surface area contributed by atoms with Gasteiger partial charge in [-0.2, -0.15) is 0 Å². The van der Waals surface area contributed by atoms with Crippen molar-refractivity contribution in [3.05, 3.63) is 54.3 Å². The summed E-state index contributed by atoms with van der Waals surface area (Å²) < 4.78 is 15.3. The van der Waals surface area contributed by atoms with E-state index in [0.29, 0.717) is 0 Å². The van der Waals surface area contributed by atoms with E-state index in [1.165, 1.54) is 26.7 Å². The van der Waals surface area contributed by atoms with Gasteiger partial charge in [0.1, 0.15) is 0 Å². The maximum atomic E-state index is 12.8. The number of halogens is 1. The zero-order valence-electron chi connectivity index (χ0n) is 9.85. The summed E-state index contributed by atoms with van der Waals surface area (Å²) in [5, 5.41) is 0. The van der Waals surface area contributed by atoms with E-state index in [4.69, 9.17) is 0 Å². The minimum atomic E-state index is -0.174. The summed E-state index contributed by atoms with van der Waals surface area (Å²) in [7, 11) is 4.06. The summed E-state index contributed by atoms with van der Waals surface area (Å²) in [6.07, 6.45) is 0. The zero-order chi connectivity index (χ0) is 12.3. The molecule has 0 saturated heterocycles. The van der Waals surface area contributed by atoms with E-state index in [1.54, 1.807) is 0 Å². The molecule has 0 spiro atoms. The summed E-state index contributed by atoms with van der Waals surface area (Å²) in [6, 6.07) is 15.2. The molecule has 3 heteroatoms. The maximum absolute atomic E-state index is 12.8. The molecule has 88 valence electrons. The Balaban J connectivity index is 2.11. The number of hydrogen-bond donors (Lipinski definition) is 0. The van der Waals surface area contributed by atoms with Crippen molar-refractivity contribution in [1.29, 1.82) is 0 Å². The van der Waals surface area contributed by atoms with Crippen LogP contribution in [0.2, 0.25) is 0 Å². The number of benzene rings is 2. The Morgan fingerprint density at radius 2 is 1.29 bits per heavy atom. The molecule has 0 saturated carbocycles. The summed E-state index contributed by atoms with van der Waals surface area (Å²) >= 11 is 0.249. The van der Waals surface area contributed by atoms with Crippen LogP contribution in [0.4, 0.5) is 10.1 Å². The van der Waals surface area contributed by atoms with Crippen molar-refractivity contribution < 1.29 is 4.39 Å². The number of rotatable bonds is 3. The fraction of sp³-hybridized carbons (Fsp3) is 0.143. The van der Waals surface area contributed by atoms with Crippen LogP contribution in [-0.2, 0) is 0 Å². The Hall–Kier alpha value is -1.31. The SMILES string of the molecule is CN(C)c1ccc([Se]c2ccc(F)cc2)cc1. The normalized spacial score (nSPS) is 10.3. The Morgan fingerprint density at radius 1 is 0.824 bits per heavy atom. The quantitative estimate of drug-likeness (QED) is 0.776. The summed E-state index contributed by atoms with van der Waals surface area (Å²) in [6.45, 7) is 0. The second-order valence-corrected chi connectivity index (χ2v) is 6.35. The third-order valence-corrected chi connectivity index (χ3v) is 4.53. The van der Waals surface area contributed by atoms with Crippen LogP contribution < -0.4 is 13.8 Å². The van der Waals surface area contributed by atoms with Crippen LogP contribution in [0.1, 0.15) is 0 Å². The second kappa shape index (κ2) is 5.35. The summed E-state index contributed by atoms with van der Waals surface area (Å²) in [5.74, 6) is -0.174. The van der Waals surface area contributed by atoms with Crippen molar-refractivity contribution in [2.24, 2.45) is 0 Å². The van der Waals surface area contributed by atoms with Crippen LogP contribution in [-0.4, -0.2) is 29.1 Å². The molecule has 0 atom stereocenters. The van der Waals surface area contributed by atoms with Gasteiger partial charge < -0.3 is 0 Å². The third kappa shape index (κ3) is 3.32. The van der Waals surface area contributed by atoms with Gasteiger partial charge >= 0.3 is 107 Å². The molecule has 0 bridgehead atoms. The molecular formula is C14H14FNSe. The minimum absolute atomic E-state index is 0.174. The van der Waals surface area contributed by atoms with Crippen LogP contribution in [0.15, 0.2) is 48.5 Å². The average molecular weight is 294 g/mol. The van der Waals surface area contributed by atoms with Gasteiger partial charge in [-0.15, -0.1) is 0 Å². The van der Waals surface area contributed by atoms with Crippen molar-refractivity contribution in [3.63, 3.8) is 0 Å². The van der Waals surface area contributed by atoms with Crippen molar-refractivity contribution >= 4 is 29.6 Å². The molecule has 0 amide bonds. The van der Waals surface area contributed by atoms with Gasteiger partial charge in [-0.3, -0.25) is 0 Å². The molecular weight excluding hydrogens is 280 g/mol. The van der Waals surface area contributed by atoms with Gasteiger partial charge in [-0.25, -0.2) is 0 Å². The fourth-order valence-electron chi connectivity index (χ4n) is 1.45. The number of anilines is 1. The van der Waals surface area contributed by atoms with E-state index >= 15 is 0 Å². The average Bonchev–Trinajstić information content (AvgIpc) is 2.33. The van der Waals surface area contributed by atoms with Crippen LogP contribution in [0.3, 0.4) is 0 Å². The molecule has 0 aliphatic heterocycles. The van der Waals surface area contributed by atoms with Crippen molar-refractivity contribution in [1.82, 2.24) is 0 Å². The molecule has 0 heterocycles. The first-order valence-corrected chi connectivity index (χ1v) is 7.07. The van der Waals surface area contributed by atoms with Crippen molar-refractivity contribution in [2.75, 3.05) is 19.0 Å². The van der Waals surface area contributed by atoms with Gasteiger partial charge in [-0.05, 0) is 0 Å². The second-order valence-electron chi connectivity index (χ2n) is 3.94. The van der Waals surface area contributed by atoms with Crippen molar-refractivity contribution in [3.8, 4) is 0 Å². The molecule has 0 fully saturated rings. The van der Waals surface area contributed by atoms with E-state index in [2.05, 4.69) is 29.2 Å². The fourth-order valence-corrected chi connectivity index (χ4v) is 3.16. The Bertz CT molecular complexity index is 477. The predicted octanol–water partition coefficient (Wildman–Crippen LogP) is 1.55. The van der Waals surface area contributed by atoms with Gasteiger partial charge in [0.25, 0.3) is 0 Å². The molecule has 2 aromatic rings. The topological polar surface area (TPSA) is 3.24 Å². The molecule has 1 nitrogen and oxygen atoms in total. The monoisotopic (exact) mass is 295 g/mol. The Morgan fingerprint density at radius 3 is 1.76 bits per heavy atom. The van der Waals surface area contributed by atoms with Crippen LogP contribution in [0, 0.1) is 5.82 Å². The van der Waals surface area contributed by atoms with Crippen LogP contribution in [0.5, 0.6) is 0 Å². The number of hydrogen-bond acceptors (Lipinski definition) is 1. The molecule has 0 aliphatic rings. The third-order valence-electron chi connectivity index (χ3n) is 2.40. The summed E-state index contributed by atoms with van der Waals surface area (Å²) in [5.41, 5.74) is 1.20. The Labute approximate surface area is 107 Å². The van der Waals surface area contributed by atoms with Crippen molar-refractivity contribution in [2.45, 2.75) is 0 Å². The molecule has 0 aliphatic carbocycles. The molecule has 2 aromatic carbocycles. The molecule has 0 unspecified atom stereocenters. The van der Waals surface area contributed by atoms with Gasteiger partial charge in [0.15, 0.2) is 0 Å². The first-order chi connectivity index (χ1) is 8.15. The zero-order valence-corrected chi connectivity index (χ0v) is 11.6. The first kappa shape index (κ1) is 12.2. The summed E-state index contributed by atoms with van der Waals surface area (Å²) in [4.78, 5) is 2.08. The van der Waals surface area contributed by atoms with E-state index in [9.17, 15) is 4.39 Å². The predicted molar refractivity (Wildman–Crippen MR) is 72.2 cm³/mol. The van der Waals surface area contributed by atoms with E-state index in [-0.39, 0.29) is 20.8 Å². The number of nitrogens with zero attached hydrogens (tertiary/aromatic N) is 1. The molecule has 17 heavy (non-hydrogen) atoms. The molecule has 0 aromatic heterocycles. The van der Waals surface area contributed by atoms with Gasteiger partial charge in [-0.1, -0.05) is 0 Å². The van der Waals surface area contributed by atoms with Gasteiger partial charge in [0, 0.05) is 0 Å². The Kier molecular flexibility index (Phi) is 3.82. The molecule has 0 radical (unpaired) electrons. The van der Waals surface area contributed by atoms with Gasteiger partial charge in [0.05, 0.1) is 0 Å². The van der Waals surface area contributed by atoms with Crippen LogP contribution >= 0.6 is 0 Å². The first-order valence-electron chi connectivity index (χ1n) is 5.36. The van der Waals surface area contributed by atoms with Gasteiger partial charge in [0.2, 0.25) is 0 Å².